The number of carbonyl (C=O) groups is 2. The predicted octanol–water partition coefficient (Wildman–Crippen LogP) is 0.808. The van der Waals surface area contributed by atoms with Gasteiger partial charge in [0.05, 0.1) is 0 Å². The van der Waals surface area contributed by atoms with Gasteiger partial charge in [-0.1, -0.05) is 17.7 Å². The van der Waals surface area contributed by atoms with E-state index in [0.29, 0.717) is 30.2 Å². The molecule has 1 aromatic carbocycles. The van der Waals surface area contributed by atoms with Crippen molar-refractivity contribution < 1.29 is 9.59 Å². The van der Waals surface area contributed by atoms with E-state index in [9.17, 15) is 9.59 Å². The molecule has 1 heterocycles. The van der Waals surface area contributed by atoms with Gasteiger partial charge in [-0.15, -0.1) is 0 Å². The number of piperazine rings is 1. The SMILES string of the molecule is CNC(=O)C1CNCCN1C(=O)c1ccc(C)c(Cl)c1. The van der Waals surface area contributed by atoms with Gasteiger partial charge in [-0.2, -0.15) is 0 Å². The summed E-state index contributed by atoms with van der Waals surface area (Å²) in [6, 6.07) is 4.72. The lowest BCUT2D eigenvalue weighted by molar-refractivity contribution is -0.125. The molecule has 2 rings (SSSR count). The lowest BCUT2D eigenvalue weighted by Crippen LogP contribution is -2.59. The number of nitrogens with zero attached hydrogens (tertiary/aromatic N) is 1. The summed E-state index contributed by atoms with van der Waals surface area (Å²) in [5, 5.41) is 6.28. The molecule has 0 bridgehead atoms. The number of halogens is 1. The molecule has 2 amide bonds. The van der Waals surface area contributed by atoms with E-state index in [1.165, 1.54) is 0 Å². The third kappa shape index (κ3) is 2.94. The third-order valence-electron chi connectivity index (χ3n) is 3.47. The smallest absolute Gasteiger partial charge is 0.254 e. The number of likely N-dealkylation sites (N-methyl/N-ethyl adjacent to an activating group) is 1. The van der Waals surface area contributed by atoms with E-state index >= 15 is 0 Å². The molecule has 0 aromatic heterocycles. The number of rotatable bonds is 2. The van der Waals surface area contributed by atoms with Gasteiger partial charge in [0.2, 0.25) is 5.91 Å². The van der Waals surface area contributed by atoms with E-state index in [1.54, 1.807) is 24.1 Å². The molecule has 20 heavy (non-hydrogen) atoms. The summed E-state index contributed by atoms with van der Waals surface area (Å²) in [7, 11) is 1.57. The molecule has 1 saturated heterocycles. The van der Waals surface area contributed by atoms with Crippen molar-refractivity contribution in [1.29, 1.82) is 0 Å². The van der Waals surface area contributed by atoms with Crippen molar-refractivity contribution in [2.24, 2.45) is 0 Å². The van der Waals surface area contributed by atoms with Crippen LogP contribution in [0.5, 0.6) is 0 Å². The van der Waals surface area contributed by atoms with Gasteiger partial charge in [0.1, 0.15) is 6.04 Å². The zero-order valence-electron chi connectivity index (χ0n) is 11.6. The van der Waals surface area contributed by atoms with Crippen LogP contribution >= 0.6 is 11.6 Å². The van der Waals surface area contributed by atoms with Crippen LogP contribution in [0.15, 0.2) is 18.2 Å². The summed E-state index contributed by atoms with van der Waals surface area (Å²) in [4.78, 5) is 26.0. The zero-order chi connectivity index (χ0) is 14.7. The van der Waals surface area contributed by atoms with Gasteiger partial charge in [0, 0.05) is 37.3 Å². The summed E-state index contributed by atoms with van der Waals surface area (Å²) >= 11 is 6.06. The standard InChI is InChI=1S/C14H18ClN3O2/c1-9-3-4-10(7-11(9)15)14(20)18-6-5-17-8-12(18)13(19)16-2/h3-4,7,12,17H,5-6,8H2,1-2H3,(H,16,19). The van der Waals surface area contributed by atoms with Crippen LogP contribution < -0.4 is 10.6 Å². The summed E-state index contributed by atoms with van der Waals surface area (Å²) in [6.07, 6.45) is 0. The van der Waals surface area contributed by atoms with Crippen molar-refractivity contribution in [3.8, 4) is 0 Å². The minimum atomic E-state index is -0.485. The number of benzene rings is 1. The lowest BCUT2D eigenvalue weighted by atomic mass is 10.1. The van der Waals surface area contributed by atoms with E-state index in [2.05, 4.69) is 10.6 Å². The highest BCUT2D eigenvalue weighted by atomic mass is 35.5. The molecular formula is C14H18ClN3O2. The Morgan fingerprint density at radius 3 is 2.85 bits per heavy atom. The normalized spacial score (nSPS) is 18.8. The van der Waals surface area contributed by atoms with Crippen molar-refractivity contribution in [2.75, 3.05) is 26.7 Å². The molecule has 1 fully saturated rings. The number of hydrogen-bond donors (Lipinski definition) is 2. The van der Waals surface area contributed by atoms with Crippen LogP contribution in [0.3, 0.4) is 0 Å². The quantitative estimate of drug-likeness (QED) is 0.849. The Kier molecular flexibility index (Phi) is 4.62. The monoisotopic (exact) mass is 295 g/mol. The van der Waals surface area contributed by atoms with Gasteiger partial charge in [-0.3, -0.25) is 9.59 Å². The number of aryl methyl sites for hydroxylation is 1. The Morgan fingerprint density at radius 2 is 2.20 bits per heavy atom. The zero-order valence-corrected chi connectivity index (χ0v) is 12.3. The van der Waals surface area contributed by atoms with E-state index in [0.717, 1.165) is 5.56 Å². The highest BCUT2D eigenvalue weighted by molar-refractivity contribution is 6.31. The molecule has 0 aliphatic carbocycles. The second-order valence-electron chi connectivity index (χ2n) is 4.80. The third-order valence-corrected chi connectivity index (χ3v) is 3.88. The fraction of sp³-hybridized carbons (Fsp3) is 0.429. The predicted molar refractivity (Wildman–Crippen MR) is 77.9 cm³/mol. The highest BCUT2D eigenvalue weighted by Crippen LogP contribution is 2.19. The first-order valence-electron chi connectivity index (χ1n) is 6.54. The van der Waals surface area contributed by atoms with Crippen molar-refractivity contribution in [3.63, 3.8) is 0 Å². The maximum atomic E-state index is 12.6. The first-order chi connectivity index (χ1) is 9.54. The molecule has 6 heteroatoms. The van der Waals surface area contributed by atoms with Crippen LogP contribution in [0.2, 0.25) is 5.02 Å². The largest absolute Gasteiger partial charge is 0.357 e. The van der Waals surface area contributed by atoms with Gasteiger partial charge in [-0.05, 0) is 24.6 Å². The van der Waals surface area contributed by atoms with Gasteiger partial charge in [0.15, 0.2) is 0 Å². The number of hydrogen-bond acceptors (Lipinski definition) is 3. The lowest BCUT2D eigenvalue weighted by Gasteiger charge is -2.35. The average molecular weight is 296 g/mol. The summed E-state index contributed by atoms with van der Waals surface area (Å²) in [6.45, 7) is 3.53. The van der Waals surface area contributed by atoms with Crippen LogP contribution in [0, 0.1) is 6.92 Å². The minimum Gasteiger partial charge on any atom is -0.357 e. The van der Waals surface area contributed by atoms with Crippen molar-refractivity contribution in [1.82, 2.24) is 15.5 Å². The molecule has 1 aliphatic heterocycles. The Morgan fingerprint density at radius 1 is 1.45 bits per heavy atom. The van der Waals surface area contributed by atoms with E-state index in [4.69, 9.17) is 11.6 Å². The number of carbonyl (C=O) groups excluding carboxylic acids is 2. The van der Waals surface area contributed by atoms with Crippen LogP contribution in [0.1, 0.15) is 15.9 Å². The molecule has 1 aliphatic rings. The van der Waals surface area contributed by atoms with E-state index in [-0.39, 0.29) is 11.8 Å². The van der Waals surface area contributed by atoms with Crippen molar-refractivity contribution in [2.45, 2.75) is 13.0 Å². The van der Waals surface area contributed by atoms with Crippen molar-refractivity contribution in [3.05, 3.63) is 34.3 Å². The van der Waals surface area contributed by atoms with E-state index < -0.39 is 6.04 Å². The molecule has 1 atom stereocenters. The molecule has 108 valence electrons. The first kappa shape index (κ1) is 14.8. The number of nitrogens with one attached hydrogen (secondary N) is 2. The molecule has 0 radical (unpaired) electrons. The molecule has 1 aromatic rings. The van der Waals surface area contributed by atoms with Gasteiger partial charge in [0.25, 0.3) is 5.91 Å². The Labute approximate surface area is 123 Å². The fourth-order valence-corrected chi connectivity index (χ4v) is 2.42. The van der Waals surface area contributed by atoms with E-state index in [1.807, 2.05) is 13.0 Å². The van der Waals surface area contributed by atoms with Crippen LogP contribution in [0.4, 0.5) is 0 Å². The van der Waals surface area contributed by atoms with Gasteiger partial charge < -0.3 is 15.5 Å². The van der Waals surface area contributed by atoms with Crippen LogP contribution in [0.25, 0.3) is 0 Å². The van der Waals surface area contributed by atoms with Gasteiger partial charge >= 0.3 is 0 Å². The second kappa shape index (κ2) is 6.24. The average Bonchev–Trinajstić information content (AvgIpc) is 2.48. The summed E-state index contributed by atoms with van der Waals surface area (Å²) in [5.41, 5.74) is 1.43. The topological polar surface area (TPSA) is 61.4 Å². The Balaban J connectivity index is 2.25. The van der Waals surface area contributed by atoms with Crippen LogP contribution in [-0.2, 0) is 4.79 Å². The molecule has 0 saturated carbocycles. The second-order valence-corrected chi connectivity index (χ2v) is 5.20. The Hall–Kier alpha value is -1.59. The maximum absolute atomic E-state index is 12.6. The van der Waals surface area contributed by atoms with Crippen LogP contribution in [-0.4, -0.2) is 49.4 Å². The fourth-order valence-electron chi connectivity index (χ4n) is 2.24. The molecule has 2 N–H and O–H groups in total. The first-order valence-corrected chi connectivity index (χ1v) is 6.92. The Bertz CT molecular complexity index is 533. The van der Waals surface area contributed by atoms with Crippen molar-refractivity contribution >= 4 is 23.4 Å². The highest BCUT2D eigenvalue weighted by Gasteiger charge is 2.32. The maximum Gasteiger partial charge on any atom is 0.254 e. The van der Waals surface area contributed by atoms with Gasteiger partial charge in [-0.25, -0.2) is 0 Å². The molecule has 1 unspecified atom stereocenters. The summed E-state index contributed by atoms with van der Waals surface area (Å²) in [5.74, 6) is -0.328. The number of amides is 2. The molecule has 5 nitrogen and oxygen atoms in total. The summed E-state index contributed by atoms with van der Waals surface area (Å²) < 4.78 is 0. The molecule has 0 spiro atoms. The molecular weight excluding hydrogens is 278 g/mol. The minimum absolute atomic E-state index is 0.163.